The van der Waals surface area contributed by atoms with Crippen LogP contribution in [0.2, 0.25) is 0 Å². The molecule has 3 saturated heterocycles. The maximum absolute atomic E-state index is 13.6. The van der Waals surface area contributed by atoms with Crippen LogP contribution in [0.3, 0.4) is 0 Å². The maximum Gasteiger partial charge on any atom is 0.417 e. The van der Waals surface area contributed by atoms with E-state index in [1.165, 1.54) is 4.31 Å². The molecule has 5 rings (SSSR count). The van der Waals surface area contributed by atoms with E-state index in [1.54, 1.807) is 4.90 Å². The van der Waals surface area contributed by atoms with Crippen LogP contribution < -0.4 is 0 Å². The first-order valence-corrected chi connectivity index (χ1v) is 13.9. The van der Waals surface area contributed by atoms with Gasteiger partial charge in [-0.2, -0.15) is 17.5 Å². The van der Waals surface area contributed by atoms with Crippen molar-refractivity contribution in [2.75, 3.05) is 39.5 Å². The van der Waals surface area contributed by atoms with Crippen molar-refractivity contribution in [3.63, 3.8) is 0 Å². The van der Waals surface area contributed by atoms with Crippen LogP contribution in [0.25, 0.3) is 0 Å². The monoisotopic (exact) mass is 548 g/mol. The number of morpholine rings is 1. The summed E-state index contributed by atoms with van der Waals surface area (Å²) in [5.74, 6) is 0.0583. The highest BCUT2D eigenvalue weighted by atomic mass is 32.2. The third kappa shape index (κ3) is 4.82. The zero-order valence-corrected chi connectivity index (χ0v) is 21.2. The fourth-order valence-electron chi connectivity index (χ4n) is 5.94. The Bertz CT molecular complexity index is 1120. The zero-order valence-electron chi connectivity index (χ0n) is 20.4. The topological polar surface area (TPSA) is 113 Å². The molecule has 14 heteroatoms. The first-order valence-electron chi connectivity index (χ1n) is 12.4. The molecule has 2 unspecified atom stereocenters. The number of piperidine rings is 1. The van der Waals surface area contributed by atoms with Crippen molar-refractivity contribution < 1.29 is 41.0 Å². The molecule has 2 bridgehead atoms. The number of hydrogen-bond acceptors (Lipinski definition) is 8. The Morgan fingerprint density at radius 1 is 1.27 bits per heavy atom. The SMILES string of the molecule is CC12CCC(CN1C(=O)OC[C@H]1COC[C@@H](C3CC3)N1S(=O)(=O)c1ccc(C(F)(F)F)cn1)N2CCO. The largest absolute Gasteiger partial charge is 0.448 e. The molecule has 1 amide bonds. The Hall–Kier alpha value is -2.00. The van der Waals surface area contributed by atoms with E-state index in [9.17, 15) is 31.5 Å². The highest BCUT2D eigenvalue weighted by molar-refractivity contribution is 7.89. The van der Waals surface area contributed by atoms with Crippen LogP contribution in [0.1, 0.15) is 38.2 Å². The van der Waals surface area contributed by atoms with Crippen molar-refractivity contribution >= 4 is 16.1 Å². The summed E-state index contributed by atoms with van der Waals surface area (Å²) < 4.78 is 78.7. The van der Waals surface area contributed by atoms with E-state index in [2.05, 4.69) is 9.88 Å². The molecular formula is C23H31F3N4O6S. The number of nitrogens with zero attached hydrogens (tertiary/aromatic N) is 4. The summed E-state index contributed by atoms with van der Waals surface area (Å²) >= 11 is 0. The Kier molecular flexibility index (Phi) is 6.92. The van der Waals surface area contributed by atoms with Gasteiger partial charge in [0.25, 0.3) is 10.0 Å². The summed E-state index contributed by atoms with van der Waals surface area (Å²) in [6, 6.07) is 0.316. The summed E-state index contributed by atoms with van der Waals surface area (Å²) in [6.07, 6.45) is -1.45. The Morgan fingerprint density at radius 3 is 2.65 bits per heavy atom. The van der Waals surface area contributed by atoms with Crippen LogP contribution in [0, 0.1) is 5.92 Å². The Morgan fingerprint density at radius 2 is 2.03 bits per heavy atom. The van der Waals surface area contributed by atoms with Gasteiger partial charge in [-0.15, -0.1) is 0 Å². The molecule has 0 radical (unpaired) electrons. The second-order valence-corrected chi connectivity index (χ2v) is 12.1. The number of carbonyl (C=O) groups excluding carboxylic acids is 1. The summed E-state index contributed by atoms with van der Waals surface area (Å²) in [7, 11) is -4.30. The number of halogens is 3. The van der Waals surface area contributed by atoms with E-state index >= 15 is 0 Å². The molecule has 3 aliphatic heterocycles. The normalized spacial score (nSPS) is 31.2. The molecule has 37 heavy (non-hydrogen) atoms. The molecule has 206 valence electrons. The van der Waals surface area contributed by atoms with Gasteiger partial charge in [-0.1, -0.05) is 0 Å². The fourth-order valence-corrected chi connectivity index (χ4v) is 7.69. The Balaban J connectivity index is 1.34. The number of aliphatic hydroxyl groups excluding tert-OH is 1. The van der Waals surface area contributed by atoms with E-state index in [0.717, 1.165) is 31.7 Å². The number of amides is 1. The van der Waals surface area contributed by atoms with Crippen LogP contribution >= 0.6 is 0 Å². The van der Waals surface area contributed by atoms with Crippen molar-refractivity contribution in [1.29, 1.82) is 0 Å². The van der Waals surface area contributed by atoms with Gasteiger partial charge >= 0.3 is 12.3 Å². The predicted molar refractivity (Wildman–Crippen MR) is 123 cm³/mol. The van der Waals surface area contributed by atoms with E-state index in [0.29, 0.717) is 25.4 Å². The number of hydrogen-bond donors (Lipinski definition) is 1. The molecule has 1 aromatic rings. The average Bonchev–Trinajstić information content (AvgIpc) is 3.62. The standard InChI is InChI=1S/C23H31F3N4O6S/c1-22-7-6-17(28(22)8-9-31)11-29(22)21(32)36-13-18-12-35-14-19(15-2-3-15)30(18)37(33,34)20-5-4-16(10-27-20)23(24,25)26/h4-5,10,15,17-19,31H,2-3,6-9,11-14H2,1H3/t17?,18-,19+,22?/m1/s1. The molecule has 4 aliphatic rings. The molecule has 1 saturated carbocycles. The second-order valence-electron chi connectivity index (χ2n) is 10.3. The molecule has 0 aromatic carbocycles. The quantitative estimate of drug-likeness (QED) is 0.550. The summed E-state index contributed by atoms with van der Waals surface area (Å²) in [4.78, 5) is 20.4. The molecule has 1 aliphatic carbocycles. The molecule has 10 nitrogen and oxygen atoms in total. The lowest BCUT2D eigenvalue weighted by molar-refractivity contribution is -0.137. The van der Waals surface area contributed by atoms with Crippen LogP contribution in [0.4, 0.5) is 18.0 Å². The van der Waals surface area contributed by atoms with Gasteiger partial charge in [0.05, 0.1) is 43.1 Å². The first-order chi connectivity index (χ1) is 17.5. The van der Waals surface area contributed by atoms with Crippen molar-refractivity contribution in [2.45, 2.75) is 67.6 Å². The second kappa shape index (κ2) is 9.63. The number of rotatable bonds is 7. The highest BCUT2D eigenvalue weighted by Crippen LogP contribution is 2.44. The molecule has 1 aromatic heterocycles. The van der Waals surface area contributed by atoms with E-state index in [-0.39, 0.29) is 38.4 Å². The number of aromatic nitrogens is 1. The first kappa shape index (κ1) is 26.6. The Labute approximate surface area is 213 Å². The number of ether oxygens (including phenoxy) is 2. The van der Waals surface area contributed by atoms with Gasteiger partial charge in [0.2, 0.25) is 0 Å². The smallest absolute Gasteiger partial charge is 0.417 e. The number of sulfonamides is 1. The van der Waals surface area contributed by atoms with Gasteiger partial charge in [-0.25, -0.2) is 18.2 Å². The minimum Gasteiger partial charge on any atom is -0.448 e. The summed E-state index contributed by atoms with van der Waals surface area (Å²) in [5.41, 5.74) is -1.62. The molecular weight excluding hydrogens is 517 g/mol. The van der Waals surface area contributed by atoms with Crippen molar-refractivity contribution in [3.05, 3.63) is 23.9 Å². The highest BCUT2D eigenvalue weighted by Gasteiger charge is 2.56. The maximum atomic E-state index is 13.6. The van der Waals surface area contributed by atoms with Crippen molar-refractivity contribution in [1.82, 2.24) is 19.1 Å². The lowest BCUT2D eigenvalue weighted by Crippen LogP contribution is -2.58. The van der Waals surface area contributed by atoms with Crippen molar-refractivity contribution in [2.24, 2.45) is 5.92 Å². The molecule has 4 fully saturated rings. The third-order valence-corrected chi connectivity index (χ3v) is 9.90. The van der Waals surface area contributed by atoms with Gasteiger partial charge in [0.1, 0.15) is 6.61 Å². The molecule has 0 spiro atoms. The molecule has 4 atom stereocenters. The minimum atomic E-state index is -4.64. The van der Waals surface area contributed by atoms with E-state index in [4.69, 9.17) is 9.47 Å². The zero-order chi connectivity index (χ0) is 26.6. The summed E-state index contributed by atoms with van der Waals surface area (Å²) in [5, 5.41) is 8.93. The molecule has 4 heterocycles. The van der Waals surface area contributed by atoms with E-state index in [1.807, 2.05) is 6.92 Å². The summed E-state index contributed by atoms with van der Waals surface area (Å²) in [6.45, 7) is 2.66. The lowest BCUT2D eigenvalue weighted by atomic mass is 10.0. The minimum absolute atomic E-state index is 0.0209. The lowest BCUT2D eigenvalue weighted by Gasteiger charge is -2.41. The number of aliphatic hydroxyl groups is 1. The number of carbonyl (C=O) groups is 1. The van der Waals surface area contributed by atoms with Gasteiger partial charge in [-0.05, 0) is 50.7 Å². The van der Waals surface area contributed by atoms with Gasteiger partial charge in [-0.3, -0.25) is 9.80 Å². The van der Waals surface area contributed by atoms with Crippen LogP contribution in [0.15, 0.2) is 23.4 Å². The van der Waals surface area contributed by atoms with Crippen LogP contribution in [-0.2, 0) is 25.7 Å². The number of fused-ring (bicyclic) bond motifs is 2. The van der Waals surface area contributed by atoms with Crippen molar-refractivity contribution in [3.8, 4) is 0 Å². The number of alkyl halides is 3. The fraction of sp³-hybridized carbons (Fsp3) is 0.739. The van der Waals surface area contributed by atoms with Gasteiger partial charge in [0, 0.05) is 25.3 Å². The van der Waals surface area contributed by atoms with E-state index < -0.39 is 50.6 Å². The van der Waals surface area contributed by atoms with Crippen LogP contribution in [-0.4, -0.2) is 102 Å². The molecule has 1 N–H and O–H groups in total. The third-order valence-electron chi connectivity index (χ3n) is 8.00. The predicted octanol–water partition coefficient (Wildman–Crippen LogP) is 1.89. The number of likely N-dealkylation sites (tertiary alicyclic amines) is 1. The number of pyridine rings is 1. The average molecular weight is 549 g/mol. The van der Waals surface area contributed by atoms with Gasteiger partial charge < -0.3 is 14.6 Å². The van der Waals surface area contributed by atoms with Gasteiger partial charge in [0.15, 0.2) is 5.03 Å². The van der Waals surface area contributed by atoms with Crippen LogP contribution in [0.5, 0.6) is 0 Å².